The van der Waals surface area contributed by atoms with E-state index in [9.17, 15) is 13.6 Å². The number of hydrogen-bond acceptors (Lipinski definition) is 4. The fourth-order valence-electron chi connectivity index (χ4n) is 1.80. The first-order valence-corrected chi connectivity index (χ1v) is 6.87. The van der Waals surface area contributed by atoms with Crippen LogP contribution in [-0.2, 0) is 6.42 Å². The summed E-state index contributed by atoms with van der Waals surface area (Å²) in [5.74, 6) is -1.48. The lowest BCUT2D eigenvalue weighted by Gasteiger charge is -2.14. The Balaban J connectivity index is 2.17. The summed E-state index contributed by atoms with van der Waals surface area (Å²) in [7, 11) is 0. The summed E-state index contributed by atoms with van der Waals surface area (Å²) in [6.07, 6.45) is 0.585. The first-order chi connectivity index (χ1) is 9.52. The molecule has 0 unspecified atom stereocenters. The molecule has 1 amide bonds. The van der Waals surface area contributed by atoms with Crippen LogP contribution in [0.1, 0.15) is 40.8 Å². The van der Waals surface area contributed by atoms with Crippen LogP contribution >= 0.6 is 11.5 Å². The maximum Gasteiger partial charge on any atom is 0.265 e. The number of amides is 1. The molecule has 7 heteroatoms. The molecule has 0 radical (unpaired) electrons. The Hall–Kier alpha value is -1.89. The highest BCUT2D eigenvalue weighted by Crippen LogP contribution is 2.19. The Bertz CT molecular complexity index is 630. The molecule has 0 fully saturated rings. The van der Waals surface area contributed by atoms with Crippen molar-refractivity contribution in [2.45, 2.75) is 26.3 Å². The van der Waals surface area contributed by atoms with E-state index in [0.717, 1.165) is 29.7 Å². The normalized spacial score (nSPS) is 12.2. The number of rotatable bonds is 4. The van der Waals surface area contributed by atoms with Crippen LogP contribution in [0.25, 0.3) is 0 Å². The van der Waals surface area contributed by atoms with Gasteiger partial charge in [-0.05, 0) is 43.1 Å². The van der Waals surface area contributed by atoms with Gasteiger partial charge in [0.2, 0.25) is 0 Å². The third-order valence-corrected chi connectivity index (χ3v) is 3.64. The van der Waals surface area contributed by atoms with E-state index in [2.05, 4.69) is 14.9 Å². The highest BCUT2D eigenvalue weighted by atomic mass is 32.1. The molecule has 1 N–H and O–H groups in total. The maximum absolute atomic E-state index is 13.6. The predicted molar refractivity (Wildman–Crippen MR) is 71.5 cm³/mol. The number of nitrogens with zero attached hydrogens (tertiary/aromatic N) is 2. The van der Waals surface area contributed by atoms with Crippen molar-refractivity contribution in [2.24, 2.45) is 0 Å². The van der Waals surface area contributed by atoms with E-state index in [1.807, 2.05) is 6.92 Å². The van der Waals surface area contributed by atoms with Crippen molar-refractivity contribution >= 4 is 17.4 Å². The highest BCUT2D eigenvalue weighted by Gasteiger charge is 2.19. The monoisotopic (exact) mass is 297 g/mol. The zero-order valence-corrected chi connectivity index (χ0v) is 11.8. The van der Waals surface area contributed by atoms with Crippen LogP contribution in [0.5, 0.6) is 0 Å². The molecule has 0 aliphatic heterocycles. The van der Waals surface area contributed by atoms with Crippen LogP contribution in [0.2, 0.25) is 0 Å². The van der Waals surface area contributed by atoms with Crippen molar-refractivity contribution < 1.29 is 13.6 Å². The molecule has 0 spiro atoms. The van der Waals surface area contributed by atoms with Crippen LogP contribution in [0, 0.1) is 11.6 Å². The average Bonchev–Trinajstić information content (AvgIpc) is 2.89. The number of hydrogen-bond donors (Lipinski definition) is 1. The molecule has 1 heterocycles. The SMILES string of the molecule is CCc1nnsc1C(=O)N[C@H](C)c1cc(F)ccc1F. The van der Waals surface area contributed by atoms with Crippen molar-refractivity contribution in [1.29, 1.82) is 0 Å². The molecule has 1 aromatic heterocycles. The van der Waals surface area contributed by atoms with Gasteiger partial charge in [-0.3, -0.25) is 4.79 Å². The van der Waals surface area contributed by atoms with E-state index in [4.69, 9.17) is 0 Å². The lowest BCUT2D eigenvalue weighted by molar-refractivity contribution is 0.0942. The van der Waals surface area contributed by atoms with E-state index in [1.54, 1.807) is 6.92 Å². The topological polar surface area (TPSA) is 54.9 Å². The molecule has 0 saturated heterocycles. The molecule has 20 heavy (non-hydrogen) atoms. The van der Waals surface area contributed by atoms with Crippen LogP contribution in [0.15, 0.2) is 18.2 Å². The third-order valence-electron chi connectivity index (χ3n) is 2.87. The minimum Gasteiger partial charge on any atom is -0.345 e. The first-order valence-electron chi connectivity index (χ1n) is 6.10. The second-order valence-corrected chi connectivity index (χ2v) is 5.02. The van der Waals surface area contributed by atoms with Gasteiger partial charge in [0.1, 0.15) is 16.5 Å². The van der Waals surface area contributed by atoms with Gasteiger partial charge < -0.3 is 5.32 Å². The van der Waals surface area contributed by atoms with Crippen LogP contribution in [-0.4, -0.2) is 15.5 Å². The standard InChI is InChI=1S/C13H13F2N3OS/c1-3-11-12(20-18-17-11)13(19)16-7(2)9-6-8(14)4-5-10(9)15/h4-7H,3H2,1-2H3,(H,16,19)/t7-/m1/s1. The zero-order valence-electron chi connectivity index (χ0n) is 11.0. The first kappa shape index (κ1) is 14.5. The summed E-state index contributed by atoms with van der Waals surface area (Å²) in [6, 6.07) is 2.51. The molecular formula is C13H13F2N3OS. The van der Waals surface area contributed by atoms with Gasteiger partial charge in [0.15, 0.2) is 0 Å². The Morgan fingerprint density at radius 3 is 2.90 bits per heavy atom. The van der Waals surface area contributed by atoms with Crippen LogP contribution in [0.3, 0.4) is 0 Å². The molecule has 0 aliphatic rings. The number of aromatic nitrogens is 2. The largest absolute Gasteiger partial charge is 0.345 e. The summed E-state index contributed by atoms with van der Waals surface area (Å²) in [6.45, 7) is 3.46. The summed E-state index contributed by atoms with van der Waals surface area (Å²) in [5.41, 5.74) is 0.702. The fourth-order valence-corrected chi connectivity index (χ4v) is 2.45. The number of carbonyl (C=O) groups excluding carboxylic acids is 1. The van der Waals surface area contributed by atoms with E-state index < -0.39 is 17.7 Å². The number of benzene rings is 1. The number of halogens is 2. The Labute approximate surface area is 119 Å². The summed E-state index contributed by atoms with van der Waals surface area (Å²) >= 11 is 0.986. The molecule has 2 rings (SSSR count). The minimum absolute atomic E-state index is 0.105. The summed E-state index contributed by atoms with van der Waals surface area (Å²) in [5, 5.41) is 6.47. The summed E-state index contributed by atoms with van der Waals surface area (Å²) < 4.78 is 30.5. The molecular weight excluding hydrogens is 284 g/mol. The van der Waals surface area contributed by atoms with Gasteiger partial charge in [-0.2, -0.15) is 0 Å². The second kappa shape index (κ2) is 6.04. The second-order valence-electron chi connectivity index (χ2n) is 4.26. The minimum atomic E-state index is -0.648. The van der Waals surface area contributed by atoms with E-state index in [-0.39, 0.29) is 11.5 Å². The predicted octanol–water partition coefficient (Wildman–Crippen LogP) is 2.87. The van der Waals surface area contributed by atoms with Gasteiger partial charge in [0.25, 0.3) is 5.91 Å². The van der Waals surface area contributed by atoms with Crippen LogP contribution < -0.4 is 5.32 Å². The Morgan fingerprint density at radius 1 is 1.45 bits per heavy atom. The number of carbonyl (C=O) groups is 1. The molecule has 0 aliphatic carbocycles. The van der Waals surface area contributed by atoms with E-state index >= 15 is 0 Å². The van der Waals surface area contributed by atoms with Gasteiger partial charge in [-0.25, -0.2) is 8.78 Å². The lowest BCUT2D eigenvalue weighted by Crippen LogP contribution is -2.27. The van der Waals surface area contributed by atoms with Crippen LogP contribution in [0.4, 0.5) is 8.78 Å². The Kier molecular flexibility index (Phi) is 4.39. The van der Waals surface area contributed by atoms with Crippen molar-refractivity contribution in [1.82, 2.24) is 14.9 Å². The molecule has 2 aromatic rings. The van der Waals surface area contributed by atoms with Gasteiger partial charge in [-0.15, -0.1) is 5.10 Å². The molecule has 1 atom stereocenters. The smallest absolute Gasteiger partial charge is 0.265 e. The summed E-state index contributed by atoms with van der Waals surface area (Å²) in [4.78, 5) is 12.5. The lowest BCUT2D eigenvalue weighted by atomic mass is 10.1. The van der Waals surface area contributed by atoms with Crippen molar-refractivity contribution in [3.63, 3.8) is 0 Å². The zero-order chi connectivity index (χ0) is 14.7. The van der Waals surface area contributed by atoms with Gasteiger partial charge in [0.05, 0.1) is 11.7 Å². The van der Waals surface area contributed by atoms with Crippen molar-refractivity contribution in [2.75, 3.05) is 0 Å². The third kappa shape index (κ3) is 2.98. The van der Waals surface area contributed by atoms with Crippen molar-refractivity contribution in [3.05, 3.63) is 46.0 Å². The molecule has 0 saturated carbocycles. The number of nitrogens with one attached hydrogen (secondary N) is 1. The van der Waals surface area contributed by atoms with E-state index in [1.165, 1.54) is 0 Å². The van der Waals surface area contributed by atoms with Gasteiger partial charge in [-0.1, -0.05) is 11.4 Å². The average molecular weight is 297 g/mol. The molecule has 0 bridgehead atoms. The molecule has 106 valence electrons. The van der Waals surface area contributed by atoms with E-state index in [0.29, 0.717) is 17.0 Å². The molecule has 1 aromatic carbocycles. The Morgan fingerprint density at radius 2 is 2.20 bits per heavy atom. The van der Waals surface area contributed by atoms with Crippen molar-refractivity contribution in [3.8, 4) is 0 Å². The molecule has 4 nitrogen and oxygen atoms in total. The fraction of sp³-hybridized carbons (Fsp3) is 0.308. The number of aryl methyl sites for hydroxylation is 1. The highest BCUT2D eigenvalue weighted by molar-refractivity contribution is 7.08. The maximum atomic E-state index is 13.6. The van der Waals surface area contributed by atoms with Gasteiger partial charge in [0, 0.05) is 5.56 Å². The van der Waals surface area contributed by atoms with Gasteiger partial charge >= 0.3 is 0 Å². The quantitative estimate of drug-likeness (QED) is 0.944.